The lowest BCUT2D eigenvalue weighted by Gasteiger charge is -2.39. The van der Waals surface area contributed by atoms with E-state index in [4.69, 9.17) is 14.4 Å². The molecule has 1 aliphatic heterocycles. The van der Waals surface area contributed by atoms with E-state index in [1.165, 1.54) is 55.2 Å². The van der Waals surface area contributed by atoms with E-state index in [9.17, 15) is 0 Å². The zero-order chi connectivity index (χ0) is 39.5. The molecule has 0 amide bonds. The van der Waals surface area contributed by atoms with Gasteiger partial charge in [-0.1, -0.05) is 121 Å². The molecule has 60 heavy (non-hydrogen) atoms. The van der Waals surface area contributed by atoms with Crippen molar-refractivity contribution in [1.82, 2.24) is 14.5 Å². The Morgan fingerprint density at radius 1 is 0.567 bits per heavy atom. The lowest BCUT2D eigenvalue weighted by atomic mass is 9.80. The molecule has 5 nitrogen and oxygen atoms in total. The summed E-state index contributed by atoms with van der Waals surface area (Å²) in [6.07, 6.45) is 5.74. The molecule has 13 rings (SSSR count). The smallest absolute Gasteiger partial charge is 0.235 e. The van der Waals surface area contributed by atoms with Crippen molar-refractivity contribution in [1.29, 1.82) is 0 Å². The standard InChI is InChI=1S/C55H36N4O/c1-55-30-29-36(32-45(55)41-18-9-12-22-49(41)59(55)38-14-3-2-4-15-38)35-24-27-48-44(31-35)40-17-8-11-21-47(40)58(48)54-56-46-20-10-7-19-42(46)53(57-54)37-23-26-43-51(33-37)60-50-28-25-34-13-5-6-16-39(34)52(43)50/h2-29,31-33H,30H2,1H3. The molecule has 0 bridgehead atoms. The number of nitrogens with zero attached hydrogens (tertiary/aromatic N) is 4. The van der Waals surface area contributed by atoms with Gasteiger partial charge in [-0.2, -0.15) is 0 Å². The van der Waals surface area contributed by atoms with Gasteiger partial charge in [-0.25, -0.2) is 9.97 Å². The number of hydrogen-bond donors (Lipinski definition) is 0. The van der Waals surface area contributed by atoms with Crippen molar-refractivity contribution in [2.75, 3.05) is 4.90 Å². The van der Waals surface area contributed by atoms with E-state index in [1.807, 2.05) is 6.07 Å². The Labute approximate surface area is 345 Å². The van der Waals surface area contributed by atoms with Crippen LogP contribution in [0.15, 0.2) is 192 Å². The molecule has 0 saturated heterocycles. The van der Waals surface area contributed by atoms with E-state index in [2.05, 4.69) is 198 Å². The highest BCUT2D eigenvalue weighted by molar-refractivity contribution is 6.19. The molecule has 11 aromatic rings. The van der Waals surface area contributed by atoms with Gasteiger partial charge >= 0.3 is 0 Å². The SMILES string of the molecule is CC12CC=C(c3ccc4c(c3)c3ccccc3n4-c3nc(-c4ccc5c(c4)oc4ccc6ccccc6c45)c4ccccc4n3)C=C1c1ccccc1N2c1ccccc1. The fourth-order valence-electron chi connectivity index (χ4n) is 10.2. The van der Waals surface area contributed by atoms with Crippen LogP contribution in [0, 0.1) is 0 Å². The molecule has 1 unspecified atom stereocenters. The van der Waals surface area contributed by atoms with Gasteiger partial charge in [-0.05, 0) is 108 Å². The van der Waals surface area contributed by atoms with Gasteiger partial charge in [-0.15, -0.1) is 0 Å². The van der Waals surface area contributed by atoms with Crippen LogP contribution in [0.2, 0.25) is 0 Å². The summed E-state index contributed by atoms with van der Waals surface area (Å²) in [4.78, 5) is 13.2. The molecule has 4 heterocycles. The fraction of sp³-hybridized carbons (Fsp3) is 0.0545. The Morgan fingerprint density at radius 3 is 2.23 bits per heavy atom. The average molecular weight is 769 g/mol. The normalized spacial score (nSPS) is 16.2. The number of hydrogen-bond acceptors (Lipinski definition) is 4. The zero-order valence-electron chi connectivity index (χ0n) is 32.8. The molecule has 1 aliphatic carbocycles. The van der Waals surface area contributed by atoms with E-state index >= 15 is 0 Å². The van der Waals surface area contributed by atoms with Crippen molar-refractivity contribution in [2.45, 2.75) is 18.9 Å². The van der Waals surface area contributed by atoms with Crippen LogP contribution in [-0.4, -0.2) is 20.1 Å². The molecule has 0 N–H and O–H groups in total. The molecule has 1 atom stereocenters. The lowest BCUT2D eigenvalue weighted by molar-refractivity contribution is 0.608. The van der Waals surface area contributed by atoms with Crippen LogP contribution in [0.4, 0.5) is 11.4 Å². The molecule has 8 aromatic carbocycles. The maximum Gasteiger partial charge on any atom is 0.235 e. The van der Waals surface area contributed by atoms with Crippen LogP contribution in [0.5, 0.6) is 0 Å². The number of rotatable bonds is 4. The van der Waals surface area contributed by atoms with Crippen LogP contribution < -0.4 is 4.90 Å². The van der Waals surface area contributed by atoms with Gasteiger partial charge in [0.15, 0.2) is 0 Å². The summed E-state index contributed by atoms with van der Waals surface area (Å²) in [5.41, 5.74) is 14.0. The highest BCUT2D eigenvalue weighted by atomic mass is 16.3. The van der Waals surface area contributed by atoms with E-state index in [0.717, 1.165) is 61.6 Å². The van der Waals surface area contributed by atoms with Gasteiger partial charge in [0.05, 0.1) is 27.8 Å². The number of benzene rings is 8. The third-order valence-electron chi connectivity index (χ3n) is 13.0. The summed E-state index contributed by atoms with van der Waals surface area (Å²) in [6.45, 7) is 2.38. The van der Waals surface area contributed by atoms with E-state index in [-0.39, 0.29) is 5.54 Å². The topological polar surface area (TPSA) is 47.1 Å². The van der Waals surface area contributed by atoms with Crippen LogP contribution >= 0.6 is 0 Å². The molecule has 0 radical (unpaired) electrons. The monoisotopic (exact) mass is 768 g/mol. The Balaban J connectivity index is 0.955. The predicted octanol–water partition coefficient (Wildman–Crippen LogP) is 14.2. The molecule has 0 spiro atoms. The molecule has 282 valence electrons. The summed E-state index contributed by atoms with van der Waals surface area (Å²) < 4.78 is 8.75. The van der Waals surface area contributed by atoms with Gasteiger partial charge < -0.3 is 9.32 Å². The number of para-hydroxylation sites is 4. The van der Waals surface area contributed by atoms with Crippen LogP contribution in [0.3, 0.4) is 0 Å². The van der Waals surface area contributed by atoms with Gasteiger partial charge in [-0.3, -0.25) is 4.57 Å². The largest absolute Gasteiger partial charge is 0.456 e. The van der Waals surface area contributed by atoms with Gasteiger partial charge in [0, 0.05) is 49.4 Å². The van der Waals surface area contributed by atoms with Crippen molar-refractivity contribution in [3.8, 4) is 17.2 Å². The second kappa shape index (κ2) is 12.4. The average Bonchev–Trinajstić information content (AvgIpc) is 3.93. The second-order valence-corrected chi connectivity index (χ2v) is 16.3. The first-order chi connectivity index (χ1) is 29.6. The number of fused-ring (bicyclic) bond motifs is 12. The molecule has 0 fully saturated rings. The van der Waals surface area contributed by atoms with Gasteiger partial charge in [0.2, 0.25) is 5.95 Å². The lowest BCUT2D eigenvalue weighted by Crippen LogP contribution is -2.40. The third kappa shape index (κ3) is 4.69. The van der Waals surface area contributed by atoms with Crippen molar-refractivity contribution >= 4 is 87.9 Å². The summed E-state index contributed by atoms with van der Waals surface area (Å²) in [5, 5.41) is 7.96. The first-order valence-electron chi connectivity index (χ1n) is 20.6. The molecule has 2 aliphatic rings. The highest BCUT2D eigenvalue weighted by Crippen LogP contribution is 2.55. The minimum Gasteiger partial charge on any atom is -0.456 e. The Bertz CT molecular complexity index is 3670. The minimum absolute atomic E-state index is 0.191. The van der Waals surface area contributed by atoms with E-state index < -0.39 is 0 Å². The van der Waals surface area contributed by atoms with Crippen molar-refractivity contribution < 1.29 is 4.42 Å². The highest BCUT2D eigenvalue weighted by Gasteiger charge is 2.45. The van der Waals surface area contributed by atoms with Crippen molar-refractivity contribution in [3.63, 3.8) is 0 Å². The first-order valence-corrected chi connectivity index (χ1v) is 20.6. The minimum atomic E-state index is -0.191. The number of aromatic nitrogens is 3. The predicted molar refractivity (Wildman–Crippen MR) is 248 cm³/mol. The second-order valence-electron chi connectivity index (χ2n) is 16.3. The Kier molecular flexibility index (Phi) is 6.85. The third-order valence-corrected chi connectivity index (χ3v) is 13.0. The summed E-state index contributed by atoms with van der Waals surface area (Å²) in [7, 11) is 0. The molecular formula is C55H36N4O. The fourth-order valence-corrected chi connectivity index (χ4v) is 10.2. The molecule has 0 saturated carbocycles. The molecular weight excluding hydrogens is 733 g/mol. The number of anilines is 2. The first kappa shape index (κ1) is 33.2. The van der Waals surface area contributed by atoms with Crippen molar-refractivity contribution in [3.05, 3.63) is 199 Å². The maximum absolute atomic E-state index is 6.53. The summed E-state index contributed by atoms with van der Waals surface area (Å²) in [5.74, 6) is 0.636. The number of allylic oxidation sites excluding steroid dienone is 2. The molecule has 3 aromatic heterocycles. The van der Waals surface area contributed by atoms with Crippen LogP contribution in [-0.2, 0) is 0 Å². The number of furan rings is 1. The quantitative estimate of drug-likeness (QED) is 0.179. The van der Waals surface area contributed by atoms with Crippen LogP contribution in [0.1, 0.15) is 24.5 Å². The Morgan fingerprint density at radius 2 is 1.32 bits per heavy atom. The van der Waals surface area contributed by atoms with Gasteiger partial charge in [0.1, 0.15) is 11.2 Å². The van der Waals surface area contributed by atoms with E-state index in [0.29, 0.717) is 5.95 Å². The summed E-state index contributed by atoms with van der Waals surface area (Å²) >= 11 is 0. The van der Waals surface area contributed by atoms with E-state index in [1.54, 1.807) is 0 Å². The summed E-state index contributed by atoms with van der Waals surface area (Å²) in [6, 6.07) is 62.6. The Hall–Kier alpha value is -7.76. The maximum atomic E-state index is 6.53. The van der Waals surface area contributed by atoms with Gasteiger partial charge in [0.25, 0.3) is 0 Å². The van der Waals surface area contributed by atoms with Crippen LogP contribution in [0.25, 0.3) is 93.8 Å². The van der Waals surface area contributed by atoms with Crippen molar-refractivity contribution in [2.24, 2.45) is 0 Å². The zero-order valence-corrected chi connectivity index (χ0v) is 32.8. The molecule has 5 heteroatoms.